The van der Waals surface area contributed by atoms with Crippen LogP contribution < -0.4 is 0 Å². The Hall–Kier alpha value is -2.12. The molecule has 0 bridgehead atoms. The second kappa shape index (κ2) is 8.09. The molecule has 28 heavy (non-hydrogen) atoms. The molecule has 1 aliphatic carbocycles. The van der Waals surface area contributed by atoms with Crippen molar-refractivity contribution >= 4 is 11.9 Å². The summed E-state index contributed by atoms with van der Waals surface area (Å²) < 4.78 is 2.22. The third kappa shape index (κ3) is 3.86. The number of fused-ring (bicyclic) bond motifs is 1. The van der Waals surface area contributed by atoms with Gasteiger partial charge in [0.15, 0.2) is 5.82 Å². The molecule has 0 atom stereocenters. The van der Waals surface area contributed by atoms with E-state index in [0.29, 0.717) is 24.8 Å². The molecule has 0 radical (unpaired) electrons. The van der Waals surface area contributed by atoms with E-state index in [1.54, 1.807) is 19.0 Å². The fraction of sp³-hybridized carbons (Fsp3) is 0.800. The topological polar surface area (TPSA) is 74.6 Å². The van der Waals surface area contributed by atoms with Crippen molar-refractivity contribution in [1.29, 1.82) is 0 Å². The molecule has 3 aliphatic rings. The Bertz CT molecular complexity index is 716. The number of urea groups is 1. The average molecular weight is 389 g/mol. The van der Waals surface area contributed by atoms with Crippen molar-refractivity contribution in [3.05, 3.63) is 11.6 Å². The quantitative estimate of drug-likeness (QED) is 0.794. The van der Waals surface area contributed by atoms with Gasteiger partial charge in [0.05, 0.1) is 6.54 Å². The van der Waals surface area contributed by atoms with Crippen LogP contribution in [0.1, 0.15) is 62.5 Å². The number of carbonyl (C=O) groups excluding carboxylic acids is 2. The molecule has 0 N–H and O–H groups in total. The van der Waals surface area contributed by atoms with Crippen molar-refractivity contribution in [3.8, 4) is 0 Å². The van der Waals surface area contributed by atoms with Gasteiger partial charge in [0.25, 0.3) is 0 Å². The van der Waals surface area contributed by atoms with E-state index < -0.39 is 0 Å². The predicted molar refractivity (Wildman–Crippen MR) is 105 cm³/mol. The Balaban J connectivity index is 1.35. The summed E-state index contributed by atoms with van der Waals surface area (Å²) in [4.78, 5) is 30.3. The van der Waals surface area contributed by atoms with E-state index in [0.717, 1.165) is 50.7 Å². The van der Waals surface area contributed by atoms with Crippen LogP contribution in [-0.2, 0) is 17.9 Å². The molecular formula is C20H32N6O2. The molecule has 3 heterocycles. The first-order valence-electron chi connectivity index (χ1n) is 10.7. The highest BCUT2D eigenvalue weighted by Gasteiger charge is 2.31. The molecule has 2 aliphatic heterocycles. The molecule has 1 saturated carbocycles. The first-order chi connectivity index (χ1) is 13.5. The van der Waals surface area contributed by atoms with Gasteiger partial charge in [-0.15, -0.1) is 10.2 Å². The third-order valence-electron chi connectivity index (χ3n) is 6.59. The molecule has 1 saturated heterocycles. The minimum Gasteiger partial charge on any atom is -0.333 e. The Kier molecular flexibility index (Phi) is 5.55. The molecule has 4 rings (SSSR count). The van der Waals surface area contributed by atoms with Gasteiger partial charge in [-0.3, -0.25) is 4.79 Å². The molecule has 0 spiro atoms. The smallest absolute Gasteiger partial charge is 0.319 e. The van der Waals surface area contributed by atoms with Crippen LogP contribution in [-0.4, -0.2) is 75.1 Å². The van der Waals surface area contributed by atoms with Crippen molar-refractivity contribution < 1.29 is 9.59 Å². The maximum absolute atomic E-state index is 12.7. The van der Waals surface area contributed by atoms with E-state index in [4.69, 9.17) is 0 Å². The van der Waals surface area contributed by atoms with Crippen LogP contribution in [0.25, 0.3) is 0 Å². The number of nitrogens with zero attached hydrogens (tertiary/aromatic N) is 6. The first-order valence-corrected chi connectivity index (χ1v) is 10.7. The summed E-state index contributed by atoms with van der Waals surface area (Å²) >= 11 is 0. The highest BCUT2D eigenvalue weighted by atomic mass is 16.2. The normalized spacial score (nSPS) is 21.1. The maximum Gasteiger partial charge on any atom is 0.319 e. The maximum atomic E-state index is 12.7. The number of aromatic nitrogens is 3. The SMILES string of the molecule is CN(C)C(=O)N1CCC(c2nnc3n2CCN(C(=O)CC2CCCC2)C3)CC1. The van der Waals surface area contributed by atoms with Gasteiger partial charge in [-0.1, -0.05) is 12.8 Å². The zero-order chi connectivity index (χ0) is 19.7. The fourth-order valence-corrected chi connectivity index (χ4v) is 4.90. The molecule has 3 amide bonds. The lowest BCUT2D eigenvalue weighted by Gasteiger charge is -2.34. The van der Waals surface area contributed by atoms with E-state index in [2.05, 4.69) is 14.8 Å². The molecule has 2 fully saturated rings. The van der Waals surface area contributed by atoms with E-state index in [1.165, 1.54) is 25.7 Å². The first kappa shape index (κ1) is 19.2. The van der Waals surface area contributed by atoms with E-state index >= 15 is 0 Å². The number of carbonyl (C=O) groups is 2. The zero-order valence-corrected chi connectivity index (χ0v) is 17.1. The number of hydrogen-bond donors (Lipinski definition) is 0. The summed E-state index contributed by atoms with van der Waals surface area (Å²) in [5.74, 6) is 3.15. The lowest BCUT2D eigenvalue weighted by atomic mass is 9.96. The summed E-state index contributed by atoms with van der Waals surface area (Å²) in [7, 11) is 3.59. The molecular weight excluding hydrogens is 356 g/mol. The van der Waals surface area contributed by atoms with Crippen LogP contribution in [0.2, 0.25) is 0 Å². The van der Waals surface area contributed by atoms with Gasteiger partial charge in [0.1, 0.15) is 5.82 Å². The summed E-state index contributed by atoms with van der Waals surface area (Å²) in [5.41, 5.74) is 0. The monoisotopic (exact) mass is 388 g/mol. The molecule has 0 aromatic carbocycles. The van der Waals surface area contributed by atoms with Gasteiger partial charge in [-0.25, -0.2) is 4.79 Å². The molecule has 0 unspecified atom stereocenters. The Morgan fingerprint density at radius 3 is 2.36 bits per heavy atom. The second-order valence-electron chi connectivity index (χ2n) is 8.73. The Labute approximate surface area is 166 Å². The highest BCUT2D eigenvalue weighted by molar-refractivity contribution is 5.76. The van der Waals surface area contributed by atoms with Crippen molar-refractivity contribution in [1.82, 2.24) is 29.5 Å². The molecule has 1 aromatic heterocycles. The van der Waals surface area contributed by atoms with Gasteiger partial charge in [0.2, 0.25) is 5.91 Å². The van der Waals surface area contributed by atoms with Crippen LogP contribution in [0.15, 0.2) is 0 Å². The van der Waals surface area contributed by atoms with Gasteiger partial charge in [-0.05, 0) is 31.6 Å². The fourth-order valence-electron chi connectivity index (χ4n) is 4.90. The zero-order valence-electron chi connectivity index (χ0n) is 17.1. The minimum absolute atomic E-state index is 0.0816. The molecule has 154 valence electrons. The van der Waals surface area contributed by atoms with Crippen LogP contribution in [0.5, 0.6) is 0 Å². The largest absolute Gasteiger partial charge is 0.333 e. The van der Waals surface area contributed by atoms with Crippen molar-refractivity contribution in [3.63, 3.8) is 0 Å². The summed E-state index contributed by atoms with van der Waals surface area (Å²) in [6.45, 7) is 3.63. The third-order valence-corrected chi connectivity index (χ3v) is 6.59. The second-order valence-corrected chi connectivity index (χ2v) is 8.73. The Morgan fingerprint density at radius 2 is 1.68 bits per heavy atom. The van der Waals surface area contributed by atoms with Crippen molar-refractivity contribution in [2.75, 3.05) is 33.7 Å². The van der Waals surface area contributed by atoms with Gasteiger partial charge in [-0.2, -0.15) is 0 Å². The van der Waals surface area contributed by atoms with Crippen LogP contribution in [0.3, 0.4) is 0 Å². The van der Waals surface area contributed by atoms with E-state index in [1.807, 2.05) is 9.80 Å². The molecule has 8 heteroatoms. The van der Waals surface area contributed by atoms with Gasteiger partial charge in [0, 0.05) is 52.6 Å². The average Bonchev–Trinajstić information content (AvgIpc) is 3.36. The van der Waals surface area contributed by atoms with E-state index in [-0.39, 0.29) is 11.9 Å². The number of rotatable bonds is 3. The molecule has 1 aromatic rings. The lowest BCUT2D eigenvalue weighted by Crippen LogP contribution is -2.44. The lowest BCUT2D eigenvalue weighted by molar-refractivity contribution is -0.133. The number of amides is 3. The number of likely N-dealkylation sites (tertiary alicyclic amines) is 1. The van der Waals surface area contributed by atoms with Crippen molar-refractivity contribution in [2.24, 2.45) is 5.92 Å². The van der Waals surface area contributed by atoms with Crippen LogP contribution in [0.4, 0.5) is 4.79 Å². The highest BCUT2D eigenvalue weighted by Crippen LogP contribution is 2.30. The van der Waals surface area contributed by atoms with Crippen LogP contribution >= 0.6 is 0 Å². The summed E-state index contributed by atoms with van der Waals surface area (Å²) in [6.07, 6.45) is 7.48. The summed E-state index contributed by atoms with van der Waals surface area (Å²) in [6, 6.07) is 0.0816. The predicted octanol–water partition coefficient (Wildman–Crippen LogP) is 2.06. The molecule has 8 nitrogen and oxygen atoms in total. The van der Waals surface area contributed by atoms with E-state index in [9.17, 15) is 9.59 Å². The minimum atomic E-state index is 0.0816. The van der Waals surface area contributed by atoms with Crippen molar-refractivity contribution in [2.45, 2.75) is 64.0 Å². The van der Waals surface area contributed by atoms with Crippen LogP contribution in [0, 0.1) is 5.92 Å². The summed E-state index contributed by atoms with van der Waals surface area (Å²) in [5, 5.41) is 8.89. The number of piperidine rings is 1. The van der Waals surface area contributed by atoms with Gasteiger partial charge < -0.3 is 19.3 Å². The number of hydrogen-bond acceptors (Lipinski definition) is 4. The standard InChI is InChI=1S/C20H32N6O2/c1-23(2)20(28)24-9-7-16(8-10-24)19-22-21-17-14-25(11-12-26(17)19)18(27)13-15-5-3-4-6-15/h15-16H,3-14H2,1-2H3. The Morgan fingerprint density at radius 1 is 0.964 bits per heavy atom. The van der Waals surface area contributed by atoms with Gasteiger partial charge >= 0.3 is 6.03 Å².